The highest BCUT2D eigenvalue weighted by molar-refractivity contribution is 6.23. The van der Waals surface area contributed by atoms with Crippen LogP contribution in [0.2, 0.25) is 0 Å². The molecule has 0 saturated carbocycles. The number of aromatic hydroxyl groups is 1. The Balaban J connectivity index is 1.77. The van der Waals surface area contributed by atoms with Gasteiger partial charge in [-0.25, -0.2) is 4.79 Å². The Labute approximate surface area is 311 Å². The lowest BCUT2D eigenvalue weighted by atomic mass is 9.91. The fourth-order valence-corrected chi connectivity index (χ4v) is 6.41. The summed E-state index contributed by atoms with van der Waals surface area (Å²) in [6.07, 6.45) is 0.222. The average molecular weight is 750 g/mol. The number of guanidine groups is 1. The number of carboxylic acids is 1. The number of fused-ring (bicyclic) bond motifs is 1. The van der Waals surface area contributed by atoms with E-state index in [1.807, 2.05) is 12.1 Å². The standard InChI is InChI=1S/C37H44ClN7O8/c1-6-19(4)29(35(51)52)43-33(49)31-37(5,53)13-14-45(31)34(50)30(28(38)26(47)17-42-36(39)40)44-32(48)20-11-12-25(46)22(15-20)27-21-9-7-8-10-24(21)41-16-23(27)18(2)3/h7-12,15-16,26,28,30-31,46-47,53H,2,6,13-14,17H2,1,3-5H3,(H,43,49)(H,44,48)(H,51,52)(H4,39,40,42). The summed E-state index contributed by atoms with van der Waals surface area (Å²) in [4.78, 5) is 63.2. The number of likely N-dealkylation sites (tertiary alicyclic amines) is 1. The number of carboxylic acid groups (broad SMARTS) is 1. The molecule has 15 nitrogen and oxygen atoms in total. The van der Waals surface area contributed by atoms with Crippen molar-refractivity contribution < 1.29 is 39.6 Å². The number of aliphatic carboxylic acids is 1. The molecule has 1 aromatic heterocycles. The molecule has 0 aliphatic carbocycles. The summed E-state index contributed by atoms with van der Waals surface area (Å²) >= 11 is 6.68. The molecule has 3 amide bonds. The van der Waals surface area contributed by atoms with Crippen LogP contribution in [0.15, 0.2) is 71.5 Å². The van der Waals surface area contributed by atoms with E-state index in [9.17, 15) is 39.6 Å². The first-order chi connectivity index (χ1) is 24.9. The quantitative estimate of drug-likeness (QED) is 0.0544. The maximum Gasteiger partial charge on any atom is 0.352 e. The van der Waals surface area contributed by atoms with Crippen LogP contribution in [0.4, 0.5) is 0 Å². The van der Waals surface area contributed by atoms with Gasteiger partial charge in [-0.1, -0.05) is 31.7 Å². The van der Waals surface area contributed by atoms with E-state index < -0.39 is 65.1 Å². The number of amides is 3. The van der Waals surface area contributed by atoms with Crippen LogP contribution in [-0.4, -0.2) is 102 Å². The predicted octanol–water partition coefficient (Wildman–Crippen LogP) is 2.22. The largest absolute Gasteiger partial charge is 0.507 e. The van der Waals surface area contributed by atoms with Crippen molar-refractivity contribution in [3.8, 4) is 16.9 Å². The minimum absolute atomic E-state index is 0.0132. The lowest BCUT2D eigenvalue weighted by Crippen LogP contribution is -2.61. The molecule has 1 fully saturated rings. The monoisotopic (exact) mass is 749 g/mol. The van der Waals surface area contributed by atoms with E-state index >= 15 is 0 Å². The summed E-state index contributed by atoms with van der Waals surface area (Å²) in [7, 11) is 0. The van der Waals surface area contributed by atoms with Crippen molar-refractivity contribution in [2.75, 3.05) is 13.1 Å². The number of hydrogen-bond acceptors (Lipinski definition) is 9. The molecule has 0 radical (unpaired) electrons. The van der Waals surface area contributed by atoms with E-state index in [1.165, 1.54) is 32.0 Å². The second kappa shape index (κ2) is 16.4. The van der Waals surface area contributed by atoms with Crippen molar-refractivity contribution in [2.45, 2.75) is 69.7 Å². The summed E-state index contributed by atoms with van der Waals surface area (Å²) in [6.45, 7) is 9.72. The molecule has 53 heavy (non-hydrogen) atoms. The number of hydrogen-bond donors (Lipinski definition) is 8. The molecular weight excluding hydrogens is 706 g/mol. The summed E-state index contributed by atoms with van der Waals surface area (Å²) in [6, 6.07) is 7.94. The summed E-state index contributed by atoms with van der Waals surface area (Å²) in [5.74, 6) is -4.73. The highest BCUT2D eigenvalue weighted by atomic mass is 35.5. The fraction of sp³-hybridized carbons (Fsp3) is 0.351. The maximum atomic E-state index is 14.4. The zero-order valence-electron chi connectivity index (χ0n) is 29.8. The molecule has 0 spiro atoms. The third kappa shape index (κ3) is 8.76. The number of carbonyl (C=O) groups is 4. The van der Waals surface area contributed by atoms with Crippen LogP contribution >= 0.6 is 11.6 Å². The lowest BCUT2D eigenvalue weighted by Gasteiger charge is -2.34. The highest BCUT2D eigenvalue weighted by Gasteiger charge is 2.52. The number of aromatic nitrogens is 1. The summed E-state index contributed by atoms with van der Waals surface area (Å²) in [5.41, 5.74) is 11.7. The molecule has 1 aliphatic rings. The number of halogens is 1. The zero-order valence-corrected chi connectivity index (χ0v) is 30.5. The predicted molar refractivity (Wildman–Crippen MR) is 201 cm³/mol. The Morgan fingerprint density at radius 2 is 1.85 bits per heavy atom. The molecule has 1 saturated heterocycles. The Kier molecular flexibility index (Phi) is 12.5. The number of aliphatic hydroxyl groups is 2. The van der Waals surface area contributed by atoms with E-state index in [4.69, 9.17) is 23.1 Å². The van der Waals surface area contributed by atoms with Gasteiger partial charge in [-0.05, 0) is 69.0 Å². The number of allylic oxidation sites excluding steroid dienone is 2. The molecule has 1 aliphatic heterocycles. The van der Waals surface area contributed by atoms with Gasteiger partial charge in [0.25, 0.3) is 5.91 Å². The number of nitrogens with two attached hydrogens (primary N) is 2. The van der Waals surface area contributed by atoms with Crippen LogP contribution in [0, 0.1) is 0 Å². The number of para-hydroxylation sites is 1. The SMILES string of the molecule is C=C(C)c1cnc2ccccc2c1-c1cc(C(=O)NC(C(=O)N2CCC(C)(O)C2C(=O)NC(C(=O)O)=C(C)CC)C(Cl)C(O)CN=C(N)N)ccc1O. The molecule has 282 valence electrons. The van der Waals surface area contributed by atoms with Gasteiger partial charge in [0.15, 0.2) is 5.96 Å². The molecule has 10 N–H and O–H groups in total. The number of alkyl halides is 1. The molecular formula is C37H44ClN7O8. The first-order valence-corrected chi connectivity index (χ1v) is 17.1. The van der Waals surface area contributed by atoms with E-state index in [2.05, 4.69) is 27.2 Å². The number of phenols is 1. The second-order valence-electron chi connectivity index (χ2n) is 13.1. The molecule has 2 heterocycles. The molecule has 5 atom stereocenters. The van der Waals surface area contributed by atoms with Gasteiger partial charge in [-0.3, -0.25) is 24.4 Å². The normalized spacial score (nSPS) is 19.1. The minimum atomic E-state index is -1.82. The highest BCUT2D eigenvalue weighted by Crippen LogP contribution is 2.39. The Morgan fingerprint density at radius 1 is 1.17 bits per heavy atom. The van der Waals surface area contributed by atoms with Gasteiger partial charge < -0.3 is 47.4 Å². The summed E-state index contributed by atoms with van der Waals surface area (Å²) in [5, 5.41) is 47.0. The number of carbonyl (C=O) groups excluding carboxylic acids is 3. The lowest BCUT2D eigenvalue weighted by molar-refractivity contribution is -0.145. The second-order valence-corrected chi connectivity index (χ2v) is 13.7. The third-order valence-corrected chi connectivity index (χ3v) is 9.72. The van der Waals surface area contributed by atoms with Crippen molar-refractivity contribution in [1.29, 1.82) is 0 Å². The van der Waals surface area contributed by atoms with Gasteiger partial charge in [0.1, 0.15) is 23.5 Å². The number of pyridine rings is 1. The van der Waals surface area contributed by atoms with Crippen LogP contribution < -0.4 is 22.1 Å². The number of phenolic OH excluding ortho intramolecular Hbond substituents is 1. The zero-order chi connectivity index (χ0) is 39.4. The molecule has 5 unspecified atom stereocenters. The summed E-state index contributed by atoms with van der Waals surface area (Å²) < 4.78 is 0. The molecule has 3 aromatic rings. The maximum absolute atomic E-state index is 14.4. The van der Waals surface area contributed by atoms with Gasteiger partial charge in [0, 0.05) is 40.4 Å². The van der Waals surface area contributed by atoms with Crippen molar-refractivity contribution in [1.82, 2.24) is 20.5 Å². The fourth-order valence-electron chi connectivity index (χ4n) is 6.16. The van der Waals surface area contributed by atoms with Gasteiger partial charge in [0.2, 0.25) is 11.8 Å². The van der Waals surface area contributed by atoms with Crippen LogP contribution in [0.3, 0.4) is 0 Å². The Hall–Kier alpha value is -5.51. The first-order valence-electron chi connectivity index (χ1n) is 16.7. The van der Waals surface area contributed by atoms with Crippen molar-refractivity contribution in [3.63, 3.8) is 0 Å². The van der Waals surface area contributed by atoms with Gasteiger partial charge in [0.05, 0.1) is 29.1 Å². The van der Waals surface area contributed by atoms with E-state index in [0.29, 0.717) is 39.6 Å². The number of nitrogens with zero attached hydrogens (tertiary/aromatic N) is 3. The topological polar surface area (TPSA) is 254 Å². The molecule has 2 aromatic carbocycles. The Bertz CT molecular complexity index is 2010. The third-order valence-electron chi connectivity index (χ3n) is 9.17. The average Bonchev–Trinajstić information content (AvgIpc) is 3.44. The molecule has 16 heteroatoms. The number of aliphatic imine (C=N–C) groups is 1. The van der Waals surface area contributed by atoms with Crippen LogP contribution in [0.5, 0.6) is 5.75 Å². The van der Waals surface area contributed by atoms with Crippen LogP contribution in [-0.2, 0) is 14.4 Å². The van der Waals surface area contributed by atoms with Gasteiger partial charge >= 0.3 is 5.97 Å². The molecule has 0 bridgehead atoms. The number of aliphatic hydroxyl groups excluding tert-OH is 1. The van der Waals surface area contributed by atoms with Gasteiger partial charge in [-0.15, -0.1) is 11.6 Å². The van der Waals surface area contributed by atoms with Crippen molar-refractivity contribution >= 4 is 57.7 Å². The van der Waals surface area contributed by atoms with Crippen LogP contribution in [0.25, 0.3) is 27.6 Å². The van der Waals surface area contributed by atoms with Crippen molar-refractivity contribution in [2.24, 2.45) is 16.5 Å². The van der Waals surface area contributed by atoms with Gasteiger partial charge in [-0.2, -0.15) is 0 Å². The minimum Gasteiger partial charge on any atom is -0.507 e. The van der Waals surface area contributed by atoms with E-state index in [-0.39, 0.29) is 35.8 Å². The van der Waals surface area contributed by atoms with E-state index in [1.54, 1.807) is 32.2 Å². The number of benzene rings is 2. The smallest absolute Gasteiger partial charge is 0.352 e. The first kappa shape index (κ1) is 40.3. The van der Waals surface area contributed by atoms with E-state index in [0.717, 1.165) is 4.90 Å². The molecule has 4 rings (SSSR count). The number of rotatable bonds is 13. The Morgan fingerprint density at radius 3 is 2.47 bits per heavy atom. The van der Waals surface area contributed by atoms with Crippen LogP contribution in [0.1, 0.15) is 56.5 Å². The number of nitrogens with one attached hydrogen (secondary N) is 2. The van der Waals surface area contributed by atoms with Crippen molar-refractivity contribution in [3.05, 3.63) is 77.6 Å².